The highest BCUT2D eigenvalue weighted by Gasteiger charge is 2.24. The molecule has 0 atom stereocenters. The van der Waals surface area contributed by atoms with Crippen molar-refractivity contribution in [2.45, 2.75) is 38.6 Å². The zero-order valence-electron chi connectivity index (χ0n) is 16.9. The molecule has 3 rings (SSSR count). The van der Waals surface area contributed by atoms with Gasteiger partial charge < -0.3 is 15.0 Å². The van der Waals surface area contributed by atoms with E-state index in [1.807, 2.05) is 0 Å². The summed E-state index contributed by atoms with van der Waals surface area (Å²) < 4.78 is 18.0. The molecule has 0 aromatic heterocycles. The second-order valence-electron chi connectivity index (χ2n) is 7.38. The number of benzene rings is 2. The van der Waals surface area contributed by atoms with Crippen molar-refractivity contribution in [2.75, 3.05) is 13.1 Å². The van der Waals surface area contributed by atoms with Crippen molar-refractivity contribution in [3.05, 3.63) is 65.5 Å². The molecule has 158 valence electrons. The number of hydrogen-bond donors (Lipinski definition) is 1. The maximum Gasteiger partial charge on any atom is 0.308 e. The van der Waals surface area contributed by atoms with E-state index in [9.17, 15) is 18.8 Å². The third-order valence-electron chi connectivity index (χ3n) is 5.04. The maximum atomic E-state index is 12.9. The molecule has 0 bridgehead atoms. The van der Waals surface area contributed by atoms with Crippen LogP contribution in [0.25, 0.3) is 0 Å². The minimum atomic E-state index is -0.435. The van der Waals surface area contributed by atoms with Crippen LogP contribution in [0.1, 0.15) is 42.1 Å². The van der Waals surface area contributed by atoms with Crippen LogP contribution in [0.4, 0.5) is 4.39 Å². The first-order valence-corrected chi connectivity index (χ1v) is 10.0. The van der Waals surface area contributed by atoms with Crippen LogP contribution in [0.3, 0.4) is 0 Å². The molecule has 0 aliphatic carbocycles. The number of rotatable bonds is 6. The van der Waals surface area contributed by atoms with E-state index in [-0.39, 0.29) is 23.7 Å². The smallest absolute Gasteiger partial charge is 0.308 e. The minimum Gasteiger partial charge on any atom is -0.427 e. The number of carbonyl (C=O) groups excluding carboxylic acids is 3. The van der Waals surface area contributed by atoms with Crippen LogP contribution in [0.2, 0.25) is 0 Å². The molecule has 1 fully saturated rings. The van der Waals surface area contributed by atoms with E-state index in [0.717, 1.165) is 5.56 Å². The van der Waals surface area contributed by atoms with Crippen LogP contribution in [0, 0.1) is 5.82 Å². The summed E-state index contributed by atoms with van der Waals surface area (Å²) in [6.07, 6.45) is 2.26. The Morgan fingerprint density at radius 1 is 1.10 bits per heavy atom. The van der Waals surface area contributed by atoms with Crippen molar-refractivity contribution < 1.29 is 23.5 Å². The van der Waals surface area contributed by atoms with Gasteiger partial charge in [-0.1, -0.05) is 18.2 Å². The summed E-state index contributed by atoms with van der Waals surface area (Å²) in [6.45, 7) is 2.40. The number of nitrogens with one attached hydrogen (secondary N) is 1. The number of esters is 1. The highest BCUT2D eigenvalue weighted by Crippen LogP contribution is 2.18. The molecule has 0 saturated carbocycles. The summed E-state index contributed by atoms with van der Waals surface area (Å²) in [5.74, 6) is -0.543. The van der Waals surface area contributed by atoms with Crippen LogP contribution < -0.4 is 10.1 Å². The molecule has 30 heavy (non-hydrogen) atoms. The minimum absolute atomic E-state index is 0.0298. The fourth-order valence-electron chi connectivity index (χ4n) is 3.48. The number of nitrogens with zero attached hydrogens (tertiary/aromatic N) is 1. The highest BCUT2D eigenvalue weighted by atomic mass is 19.1. The number of hydrogen-bond acceptors (Lipinski definition) is 4. The van der Waals surface area contributed by atoms with Gasteiger partial charge in [-0.05, 0) is 55.2 Å². The average molecular weight is 412 g/mol. The molecule has 2 aromatic carbocycles. The molecule has 1 heterocycles. The summed E-state index contributed by atoms with van der Waals surface area (Å²) in [7, 11) is 0. The molecule has 6 nitrogen and oxygen atoms in total. The molecule has 0 unspecified atom stereocenters. The lowest BCUT2D eigenvalue weighted by atomic mass is 10.0. The number of likely N-dealkylation sites (tertiary alicyclic amines) is 1. The van der Waals surface area contributed by atoms with Crippen LogP contribution in [-0.4, -0.2) is 41.8 Å². The summed E-state index contributed by atoms with van der Waals surface area (Å²) in [6, 6.07) is 12.7. The summed E-state index contributed by atoms with van der Waals surface area (Å²) in [5.41, 5.74) is 1.39. The fraction of sp³-hybridized carbons (Fsp3) is 0.348. The van der Waals surface area contributed by atoms with Crippen molar-refractivity contribution in [2.24, 2.45) is 0 Å². The van der Waals surface area contributed by atoms with Crippen molar-refractivity contribution >= 4 is 17.8 Å². The SMILES string of the molecule is CC(=O)Oc1cccc(C(=O)N2CCC(NC(=O)CCc3ccc(F)cc3)CC2)c1. The molecule has 1 aliphatic heterocycles. The molecular weight excluding hydrogens is 387 g/mol. The van der Waals surface area contributed by atoms with Gasteiger partial charge in [0.25, 0.3) is 5.91 Å². The number of carbonyl (C=O) groups is 3. The lowest BCUT2D eigenvalue weighted by molar-refractivity contribution is -0.131. The number of ether oxygens (including phenoxy) is 1. The fourth-order valence-corrected chi connectivity index (χ4v) is 3.48. The Morgan fingerprint density at radius 3 is 2.47 bits per heavy atom. The van der Waals surface area contributed by atoms with Crippen LogP contribution in [-0.2, 0) is 16.0 Å². The van der Waals surface area contributed by atoms with Gasteiger partial charge in [0.2, 0.25) is 5.91 Å². The molecule has 7 heteroatoms. The zero-order chi connectivity index (χ0) is 21.5. The van der Waals surface area contributed by atoms with Crippen LogP contribution in [0.5, 0.6) is 5.75 Å². The van der Waals surface area contributed by atoms with E-state index in [0.29, 0.717) is 50.1 Å². The van der Waals surface area contributed by atoms with Crippen molar-refractivity contribution in [1.29, 1.82) is 0 Å². The second kappa shape index (κ2) is 10.0. The third kappa shape index (κ3) is 6.14. The Hall–Kier alpha value is -3.22. The molecule has 1 N–H and O–H groups in total. The molecule has 2 amide bonds. The van der Waals surface area contributed by atoms with Crippen LogP contribution >= 0.6 is 0 Å². The predicted molar refractivity (Wildman–Crippen MR) is 110 cm³/mol. The number of piperidine rings is 1. The summed E-state index contributed by atoms with van der Waals surface area (Å²) in [5, 5.41) is 3.02. The van der Waals surface area contributed by atoms with E-state index >= 15 is 0 Å². The Kier molecular flexibility index (Phi) is 7.17. The summed E-state index contributed by atoms with van der Waals surface area (Å²) in [4.78, 5) is 37.8. The predicted octanol–water partition coefficient (Wildman–Crippen LogP) is 3.10. The highest BCUT2D eigenvalue weighted by molar-refractivity contribution is 5.94. The van der Waals surface area contributed by atoms with Gasteiger partial charge in [0.05, 0.1) is 0 Å². The number of halogens is 1. The maximum absolute atomic E-state index is 12.9. The van der Waals surface area contributed by atoms with Crippen molar-refractivity contribution in [3.63, 3.8) is 0 Å². The second-order valence-corrected chi connectivity index (χ2v) is 7.38. The molecule has 2 aromatic rings. The van der Waals surface area contributed by atoms with Gasteiger partial charge in [-0.25, -0.2) is 4.39 Å². The van der Waals surface area contributed by atoms with Gasteiger partial charge in [-0.15, -0.1) is 0 Å². The van der Waals surface area contributed by atoms with E-state index in [2.05, 4.69) is 5.32 Å². The standard InChI is InChI=1S/C23H25FN2O4/c1-16(27)30-21-4-2-3-18(15-21)23(29)26-13-11-20(12-14-26)25-22(28)10-7-17-5-8-19(24)9-6-17/h2-6,8-9,15,20H,7,10-14H2,1H3,(H,25,28). The first-order chi connectivity index (χ1) is 14.4. The van der Waals surface area contributed by atoms with E-state index in [1.165, 1.54) is 19.1 Å². The van der Waals surface area contributed by atoms with Gasteiger partial charge in [0, 0.05) is 38.0 Å². The van der Waals surface area contributed by atoms with Gasteiger partial charge in [-0.3, -0.25) is 14.4 Å². The van der Waals surface area contributed by atoms with Gasteiger partial charge in [0.15, 0.2) is 0 Å². The van der Waals surface area contributed by atoms with Crippen molar-refractivity contribution in [1.82, 2.24) is 10.2 Å². The lowest BCUT2D eigenvalue weighted by Gasteiger charge is -2.32. The monoisotopic (exact) mass is 412 g/mol. The Morgan fingerprint density at radius 2 is 1.80 bits per heavy atom. The number of aryl methyl sites for hydroxylation is 1. The van der Waals surface area contributed by atoms with E-state index < -0.39 is 5.97 Å². The Bertz CT molecular complexity index is 906. The van der Waals surface area contributed by atoms with E-state index in [1.54, 1.807) is 41.3 Å². The normalized spacial score (nSPS) is 14.3. The molecule has 1 aliphatic rings. The average Bonchev–Trinajstić information content (AvgIpc) is 2.73. The quantitative estimate of drug-likeness (QED) is 0.584. The topological polar surface area (TPSA) is 75.7 Å². The third-order valence-corrected chi connectivity index (χ3v) is 5.04. The number of amides is 2. The van der Waals surface area contributed by atoms with Gasteiger partial charge in [-0.2, -0.15) is 0 Å². The molecule has 0 radical (unpaired) electrons. The first-order valence-electron chi connectivity index (χ1n) is 10.0. The first kappa shape index (κ1) is 21.5. The van der Waals surface area contributed by atoms with E-state index in [4.69, 9.17) is 4.74 Å². The molecule has 0 spiro atoms. The largest absolute Gasteiger partial charge is 0.427 e. The molecular formula is C23H25FN2O4. The van der Waals surface area contributed by atoms with Crippen molar-refractivity contribution in [3.8, 4) is 5.75 Å². The summed E-state index contributed by atoms with van der Waals surface area (Å²) >= 11 is 0. The lowest BCUT2D eigenvalue weighted by Crippen LogP contribution is -2.46. The van der Waals surface area contributed by atoms with Crippen LogP contribution in [0.15, 0.2) is 48.5 Å². The van der Waals surface area contributed by atoms with Gasteiger partial charge in [0.1, 0.15) is 11.6 Å². The zero-order valence-corrected chi connectivity index (χ0v) is 16.9. The van der Waals surface area contributed by atoms with Gasteiger partial charge >= 0.3 is 5.97 Å². The Labute approximate surface area is 175 Å². The Balaban J connectivity index is 1.45. The molecule has 1 saturated heterocycles.